The minimum absolute atomic E-state index is 0.0507. The summed E-state index contributed by atoms with van der Waals surface area (Å²) in [5, 5.41) is 0. The van der Waals surface area contributed by atoms with Gasteiger partial charge in [0, 0.05) is 37.3 Å². The number of amides is 1. The smallest absolute Gasteiger partial charge is 0.337 e. The van der Waals surface area contributed by atoms with E-state index in [4.69, 9.17) is 9.47 Å². The molecule has 1 aliphatic rings. The third-order valence-corrected chi connectivity index (χ3v) is 5.35. The standard InChI is InChI=1S/C23H28N2O4/c1-16-13-24(15-18-5-7-20(8-6-18)23(27)29-4)14-17(2)25(16)22(26)19-9-11-21(28-3)12-10-19/h5-12,16-17H,13-15H2,1-4H3/t16-,17+. The Balaban J connectivity index is 1.64. The summed E-state index contributed by atoms with van der Waals surface area (Å²) in [7, 11) is 2.99. The van der Waals surface area contributed by atoms with E-state index in [2.05, 4.69) is 18.7 Å². The summed E-state index contributed by atoms with van der Waals surface area (Å²) < 4.78 is 9.92. The lowest BCUT2D eigenvalue weighted by atomic mass is 10.0. The highest BCUT2D eigenvalue weighted by Crippen LogP contribution is 2.22. The Bertz CT molecular complexity index is 836. The second kappa shape index (κ2) is 9.09. The van der Waals surface area contributed by atoms with Crippen molar-refractivity contribution in [1.29, 1.82) is 0 Å². The van der Waals surface area contributed by atoms with Crippen LogP contribution in [0.25, 0.3) is 0 Å². The second-order valence-electron chi connectivity index (χ2n) is 7.52. The lowest BCUT2D eigenvalue weighted by Gasteiger charge is -2.44. The van der Waals surface area contributed by atoms with Gasteiger partial charge in [0.05, 0.1) is 19.8 Å². The van der Waals surface area contributed by atoms with Gasteiger partial charge in [-0.1, -0.05) is 12.1 Å². The molecule has 154 valence electrons. The summed E-state index contributed by atoms with van der Waals surface area (Å²) in [6, 6.07) is 15.0. The predicted octanol–water partition coefficient (Wildman–Crippen LogP) is 3.22. The summed E-state index contributed by atoms with van der Waals surface area (Å²) >= 11 is 0. The van der Waals surface area contributed by atoms with Crippen molar-refractivity contribution in [2.45, 2.75) is 32.5 Å². The molecule has 0 unspecified atom stereocenters. The number of esters is 1. The van der Waals surface area contributed by atoms with Crippen LogP contribution in [0.2, 0.25) is 0 Å². The van der Waals surface area contributed by atoms with Gasteiger partial charge in [0.25, 0.3) is 5.91 Å². The van der Waals surface area contributed by atoms with E-state index in [9.17, 15) is 9.59 Å². The Morgan fingerprint density at radius 1 is 0.897 bits per heavy atom. The Kier molecular flexibility index (Phi) is 6.54. The highest BCUT2D eigenvalue weighted by atomic mass is 16.5. The van der Waals surface area contributed by atoms with E-state index in [1.54, 1.807) is 19.2 Å². The topological polar surface area (TPSA) is 59.1 Å². The van der Waals surface area contributed by atoms with Gasteiger partial charge in [0.1, 0.15) is 5.75 Å². The van der Waals surface area contributed by atoms with E-state index in [0.717, 1.165) is 30.9 Å². The molecule has 6 nitrogen and oxygen atoms in total. The number of rotatable bonds is 5. The number of hydrogen-bond acceptors (Lipinski definition) is 5. The van der Waals surface area contributed by atoms with E-state index < -0.39 is 0 Å². The van der Waals surface area contributed by atoms with Gasteiger partial charge in [-0.3, -0.25) is 9.69 Å². The number of carbonyl (C=O) groups excluding carboxylic acids is 2. The first-order valence-corrected chi connectivity index (χ1v) is 9.79. The molecule has 1 amide bonds. The van der Waals surface area contributed by atoms with E-state index in [1.807, 2.05) is 41.3 Å². The van der Waals surface area contributed by atoms with Crippen LogP contribution in [-0.2, 0) is 11.3 Å². The van der Waals surface area contributed by atoms with E-state index in [1.165, 1.54) is 7.11 Å². The molecule has 3 rings (SSSR count). The molecule has 2 aromatic rings. The molecule has 1 heterocycles. The molecule has 0 aromatic heterocycles. The molecule has 2 atom stereocenters. The molecule has 0 radical (unpaired) electrons. The average molecular weight is 396 g/mol. The zero-order chi connectivity index (χ0) is 21.0. The quantitative estimate of drug-likeness (QED) is 0.727. The molecule has 0 spiro atoms. The molecule has 29 heavy (non-hydrogen) atoms. The minimum Gasteiger partial charge on any atom is -0.497 e. The molecule has 6 heteroatoms. The van der Waals surface area contributed by atoms with E-state index in [0.29, 0.717) is 11.1 Å². The van der Waals surface area contributed by atoms with Crippen LogP contribution in [0.15, 0.2) is 48.5 Å². The largest absolute Gasteiger partial charge is 0.497 e. The van der Waals surface area contributed by atoms with Crippen molar-refractivity contribution in [3.05, 3.63) is 65.2 Å². The summed E-state index contributed by atoms with van der Waals surface area (Å²) in [6.45, 7) is 6.55. The lowest BCUT2D eigenvalue weighted by molar-refractivity contribution is 0.0268. The molecule has 2 aromatic carbocycles. The summed E-state index contributed by atoms with van der Waals surface area (Å²) in [6.07, 6.45) is 0. The van der Waals surface area contributed by atoms with Crippen LogP contribution in [0, 0.1) is 0 Å². The summed E-state index contributed by atoms with van der Waals surface area (Å²) in [5.41, 5.74) is 2.36. The van der Waals surface area contributed by atoms with Crippen LogP contribution in [0.3, 0.4) is 0 Å². The molecular weight excluding hydrogens is 368 g/mol. The van der Waals surface area contributed by atoms with Crippen LogP contribution < -0.4 is 4.74 Å². The molecule has 1 fully saturated rings. The normalized spacial score (nSPS) is 19.7. The van der Waals surface area contributed by atoms with Crippen molar-refractivity contribution in [3.63, 3.8) is 0 Å². The SMILES string of the molecule is COC(=O)c1ccc(CN2C[C@@H](C)N(C(=O)c3ccc(OC)cc3)[C@@H](C)C2)cc1. The van der Waals surface area contributed by atoms with Crippen LogP contribution >= 0.6 is 0 Å². The van der Waals surface area contributed by atoms with Gasteiger partial charge in [-0.2, -0.15) is 0 Å². The maximum Gasteiger partial charge on any atom is 0.337 e. The Morgan fingerprint density at radius 3 is 1.97 bits per heavy atom. The fourth-order valence-electron chi connectivity index (χ4n) is 3.97. The fraction of sp³-hybridized carbons (Fsp3) is 0.391. The third-order valence-electron chi connectivity index (χ3n) is 5.35. The van der Waals surface area contributed by atoms with Gasteiger partial charge in [-0.15, -0.1) is 0 Å². The van der Waals surface area contributed by atoms with Gasteiger partial charge in [0.15, 0.2) is 0 Å². The van der Waals surface area contributed by atoms with Crippen LogP contribution in [-0.4, -0.2) is 61.1 Å². The van der Waals surface area contributed by atoms with Crippen molar-refractivity contribution >= 4 is 11.9 Å². The van der Waals surface area contributed by atoms with Gasteiger partial charge in [0.2, 0.25) is 0 Å². The van der Waals surface area contributed by atoms with Crippen LogP contribution in [0.4, 0.5) is 0 Å². The number of nitrogens with zero attached hydrogens (tertiary/aromatic N) is 2. The van der Waals surface area contributed by atoms with Crippen LogP contribution in [0.1, 0.15) is 40.1 Å². The van der Waals surface area contributed by atoms with Gasteiger partial charge in [-0.05, 0) is 55.8 Å². The van der Waals surface area contributed by atoms with Crippen molar-refractivity contribution in [3.8, 4) is 5.75 Å². The third kappa shape index (κ3) is 4.77. The monoisotopic (exact) mass is 396 g/mol. The second-order valence-corrected chi connectivity index (χ2v) is 7.52. The molecule has 0 bridgehead atoms. The fourth-order valence-corrected chi connectivity index (χ4v) is 3.97. The number of piperazine rings is 1. The number of carbonyl (C=O) groups is 2. The van der Waals surface area contributed by atoms with Gasteiger partial charge < -0.3 is 14.4 Å². The maximum atomic E-state index is 13.0. The Hall–Kier alpha value is -2.86. The first-order chi connectivity index (χ1) is 13.9. The summed E-state index contributed by atoms with van der Waals surface area (Å²) in [5.74, 6) is 0.463. The zero-order valence-electron chi connectivity index (χ0n) is 17.4. The molecular formula is C23H28N2O4. The number of ether oxygens (including phenoxy) is 2. The molecule has 0 aliphatic carbocycles. The molecule has 1 aliphatic heterocycles. The van der Waals surface area contributed by atoms with Crippen LogP contribution in [0.5, 0.6) is 5.75 Å². The average Bonchev–Trinajstić information content (AvgIpc) is 2.73. The van der Waals surface area contributed by atoms with Crippen molar-refractivity contribution < 1.29 is 19.1 Å². The molecule has 0 N–H and O–H groups in total. The predicted molar refractivity (Wildman–Crippen MR) is 111 cm³/mol. The summed E-state index contributed by atoms with van der Waals surface area (Å²) in [4.78, 5) is 28.9. The van der Waals surface area contributed by atoms with E-state index >= 15 is 0 Å². The maximum absolute atomic E-state index is 13.0. The van der Waals surface area contributed by atoms with Crippen molar-refractivity contribution in [2.75, 3.05) is 27.3 Å². The highest BCUT2D eigenvalue weighted by molar-refractivity contribution is 5.94. The molecule has 1 saturated heterocycles. The first-order valence-electron chi connectivity index (χ1n) is 9.79. The van der Waals surface area contributed by atoms with Crippen molar-refractivity contribution in [1.82, 2.24) is 9.80 Å². The number of methoxy groups -OCH3 is 2. The van der Waals surface area contributed by atoms with E-state index in [-0.39, 0.29) is 24.0 Å². The Morgan fingerprint density at radius 2 is 1.45 bits per heavy atom. The van der Waals surface area contributed by atoms with Crippen molar-refractivity contribution in [2.24, 2.45) is 0 Å². The zero-order valence-corrected chi connectivity index (χ0v) is 17.4. The van der Waals surface area contributed by atoms with Gasteiger partial charge in [-0.25, -0.2) is 4.79 Å². The van der Waals surface area contributed by atoms with Gasteiger partial charge >= 0.3 is 5.97 Å². The number of benzene rings is 2. The highest BCUT2D eigenvalue weighted by Gasteiger charge is 2.33. The Labute approximate surface area is 172 Å². The minimum atomic E-state index is -0.329. The number of hydrogen-bond donors (Lipinski definition) is 0. The lowest BCUT2D eigenvalue weighted by Crippen LogP contribution is -2.58. The first kappa shape index (κ1) is 20.9. The molecule has 0 saturated carbocycles.